The summed E-state index contributed by atoms with van der Waals surface area (Å²) in [6, 6.07) is 0. The van der Waals surface area contributed by atoms with Crippen LogP contribution in [0, 0.1) is 5.92 Å². The van der Waals surface area contributed by atoms with Crippen molar-refractivity contribution in [3.05, 3.63) is 0 Å². The molecule has 0 aromatic rings. The normalized spacial score (nSPS) is 23.5. The Balaban J connectivity index is 2.16. The second-order valence-corrected chi connectivity index (χ2v) is 4.17. The van der Waals surface area contributed by atoms with E-state index in [2.05, 4.69) is 5.32 Å². The van der Waals surface area contributed by atoms with E-state index >= 15 is 0 Å². The van der Waals surface area contributed by atoms with Gasteiger partial charge in [-0.2, -0.15) is 0 Å². The molecule has 0 aromatic carbocycles. The quantitative estimate of drug-likeness (QED) is 0.694. The van der Waals surface area contributed by atoms with Crippen LogP contribution in [-0.2, 0) is 14.3 Å². The fourth-order valence-electron chi connectivity index (χ4n) is 1.88. The second-order valence-electron chi connectivity index (χ2n) is 4.17. The molecule has 15 heavy (non-hydrogen) atoms. The van der Waals surface area contributed by atoms with E-state index in [9.17, 15) is 4.79 Å². The van der Waals surface area contributed by atoms with Crippen LogP contribution in [0.1, 0.15) is 26.2 Å². The number of carbonyl (C=O) groups excluding carboxylic acids is 1. The molecule has 0 radical (unpaired) electrons. The third kappa shape index (κ3) is 5.14. The lowest BCUT2D eigenvalue weighted by Crippen LogP contribution is -2.32. The highest BCUT2D eigenvalue weighted by molar-refractivity contribution is 5.69. The Kier molecular flexibility index (Phi) is 5.65. The zero-order valence-corrected chi connectivity index (χ0v) is 9.62. The Labute approximate surface area is 91.3 Å². The zero-order valence-electron chi connectivity index (χ0n) is 9.62. The summed E-state index contributed by atoms with van der Waals surface area (Å²) in [5.74, 6) is 0.342. The Morgan fingerprint density at radius 1 is 1.60 bits per heavy atom. The number of rotatable bonds is 5. The molecule has 1 saturated heterocycles. The molecule has 1 rings (SSSR count). The van der Waals surface area contributed by atoms with E-state index in [0.29, 0.717) is 18.9 Å². The van der Waals surface area contributed by atoms with Crippen molar-refractivity contribution in [1.82, 2.24) is 5.32 Å². The smallest absolute Gasteiger partial charge is 0.306 e. The molecule has 4 heteroatoms. The maximum Gasteiger partial charge on any atom is 0.306 e. The van der Waals surface area contributed by atoms with Gasteiger partial charge >= 0.3 is 5.97 Å². The summed E-state index contributed by atoms with van der Waals surface area (Å²) in [5, 5.41) is 3.29. The standard InChI is InChI=1S/C11H21NO3/c1-9(8-14-2)15-11(13)6-10-4-3-5-12-7-10/h9-10,12H,3-8H2,1-2H3. The molecular formula is C11H21NO3. The van der Waals surface area contributed by atoms with Crippen molar-refractivity contribution in [1.29, 1.82) is 0 Å². The van der Waals surface area contributed by atoms with Crippen molar-refractivity contribution < 1.29 is 14.3 Å². The van der Waals surface area contributed by atoms with Crippen LogP contribution in [0.15, 0.2) is 0 Å². The monoisotopic (exact) mass is 215 g/mol. The van der Waals surface area contributed by atoms with E-state index in [0.717, 1.165) is 25.9 Å². The highest BCUT2D eigenvalue weighted by Crippen LogP contribution is 2.14. The molecule has 1 heterocycles. The molecule has 1 aliphatic heterocycles. The molecule has 1 fully saturated rings. The SMILES string of the molecule is COCC(C)OC(=O)CC1CCCNC1. The van der Waals surface area contributed by atoms with E-state index in [-0.39, 0.29) is 12.1 Å². The van der Waals surface area contributed by atoms with Crippen LogP contribution in [0.3, 0.4) is 0 Å². The number of ether oxygens (including phenoxy) is 2. The van der Waals surface area contributed by atoms with Crippen LogP contribution < -0.4 is 5.32 Å². The van der Waals surface area contributed by atoms with E-state index in [1.54, 1.807) is 7.11 Å². The van der Waals surface area contributed by atoms with Gasteiger partial charge in [-0.05, 0) is 38.8 Å². The molecule has 2 unspecified atom stereocenters. The topological polar surface area (TPSA) is 47.6 Å². The first kappa shape index (κ1) is 12.5. The zero-order chi connectivity index (χ0) is 11.1. The van der Waals surface area contributed by atoms with E-state index < -0.39 is 0 Å². The van der Waals surface area contributed by atoms with Crippen LogP contribution in [0.5, 0.6) is 0 Å². The summed E-state index contributed by atoms with van der Waals surface area (Å²) < 4.78 is 10.1. The van der Waals surface area contributed by atoms with Crippen LogP contribution in [0.4, 0.5) is 0 Å². The lowest BCUT2D eigenvalue weighted by molar-refractivity contribution is -0.151. The number of piperidine rings is 1. The summed E-state index contributed by atoms with van der Waals surface area (Å²) in [4.78, 5) is 11.5. The van der Waals surface area contributed by atoms with Crippen molar-refractivity contribution in [2.24, 2.45) is 5.92 Å². The summed E-state index contributed by atoms with van der Waals surface area (Å²) >= 11 is 0. The van der Waals surface area contributed by atoms with Gasteiger partial charge in [0.25, 0.3) is 0 Å². The van der Waals surface area contributed by atoms with Crippen LogP contribution in [0.2, 0.25) is 0 Å². The van der Waals surface area contributed by atoms with Gasteiger partial charge in [0.2, 0.25) is 0 Å². The fourth-order valence-corrected chi connectivity index (χ4v) is 1.88. The molecule has 0 bridgehead atoms. The van der Waals surface area contributed by atoms with Crippen LogP contribution >= 0.6 is 0 Å². The second kappa shape index (κ2) is 6.80. The number of hydrogen-bond acceptors (Lipinski definition) is 4. The maximum atomic E-state index is 11.5. The van der Waals surface area contributed by atoms with Gasteiger partial charge < -0.3 is 14.8 Å². The molecule has 0 aliphatic carbocycles. The molecule has 0 saturated carbocycles. The molecule has 1 aliphatic rings. The summed E-state index contributed by atoms with van der Waals surface area (Å²) in [7, 11) is 1.61. The number of methoxy groups -OCH3 is 1. The summed E-state index contributed by atoms with van der Waals surface area (Å²) in [6.07, 6.45) is 2.67. The van der Waals surface area contributed by atoms with Gasteiger partial charge in [0, 0.05) is 13.5 Å². The molecule has 88 valence electrons. The minimum atomic E-state index is -0.140. The van der Waals surface area contributed by atoms with E-state index in [1.807, 2.05) is 6.92 Å². The molecule has 0 amide bonds. The van der Waals surface area contributed by atoms with Crippen molar-refractivity contribution in [3.63, 3.8) is 0 Å². The molecular weight excluding hydrogens is 194 g/mol. The van der Waals surface area contributed by atoms with Crippen molar-refractivity contribution >= 4 is 5.97 Å². The maximum absolute atomic E-state index is 11.5. The van der Waals surface area contributed by atoms with Crippen molar-refractivity contribution in [2.45, 2.75) is 32.3 Å². The highest BCUT2D eigenvalue weighted by atomic mass is 16.6. The Hall–Kier alpha value is -0.610. The Morgan fingerprint density at radius 2 is 2.40 bits per heavy atom. The van der Waals surface area contributed by atoms with Gasteiger partial charge in [-0.15, -0.1) is 0 Å². The largest absolute Gasteiger partial charge is 0.460 e. The predicted molar refractivity (Wildman–Crippen MR) is 57.6 cm³/mol. The fraction of sp³-hybridized carbons (Fsp3) is 0.909. The first-order chi connectivity index (χ1) is 7.22. The number of esters is 1. The molecule has 0 aromatic heterocycles. The average molecular weight is 215 g/mol. The summed E-state index contributed by atoms with van der Waals surface area (Å²) in [5.41, 5.74) is 0. The van der Waals surface area contributed by atoms with Gasteiger partial charge in [0.05, 0.1) is 6.61 Å². The van der Waals surface area contributed by atoms with Gasteiger partial charge in [-0.25, -0.2) is 0 Å². The van der Waals surface area contributed by atoms with Gasteiger partial charge in [-0.1, -0.05) is 0 Å². The molecule has 1 N–H and O–H groups in total. The number of nitrogens with one attached hydrogen (secondary N) is 1. The van der Waals surface area contributed by atoms with Gasteiger partial charge in [0.15, 0.2) is 0 Å². The minimum Gasteiger partial charge on any atom is -0.460 e. The van der Waals surface area contributed by atoms with Crippen LogP contribution in [0.25, 0.3) is 0 Å². The third-order valence-electron chi connectivity index (χ3n) is 2.59. The predicted octanol–water partition coefficient (Wildman–Crippen LogP) is 0.954. The Bertz CT molecular complexity index is 190. The van der Waals surface area contributed by atoms with Crippen molar-refractivity contribution in [2.75, 3.05) is 26.8 Å². The lowest BCUT2D eigenvalue weighted by atomic mass is 9.96. The first-order valence-electron chi connectivity index (χ1n) is 5.61. The van der Waals surface area contributed by atoms with Crippen LogP contribution in [-0.4, -0.2) is 38.9 Å². The van der Waals surface area contributed by atoms with Gasteiger partial charge in [0.1, 0.15) is 6.10 Å². The summed E-state index contributed by atoms with van der Waals surface area (Å²) in [6.45, 7) is 4.33. The molecule has 2 atom stereocenters. The highest BCUT2D eigenvalue weighted by Gasteiger charge is 2.18. The van der Waals surface area contributed by atoms with E-state index in [4.69, 9.17) is 9.47 Å². The molecule has 4 nitrogen and oxygen atoms in total. The van der Waals surface area contributed by atoms with E-state index in [1.165, 1.54) is 0 Å². The van der Waals surface area contributed by atoms with Crippen molar-refractivity contribution in [3.8, 4) is 0 Å². The third-order valence-corrected chi connectivity index (χ3v) is 2.59. The van der Waals surface area contributed by atoms with Gasteiger partial charge in [-0.3, -0.25) is 4.79 Å². The minimum absolute atomic E-state index is 0.103. The average Bonchev–Trinajstić information content (AvgIpc) is 2.19. The lowest BCUT2D eigenvalue weighted by Gasteiger charge is -2.22. The first-order valence-corrected chi connectivity index (χ1v) is 5.61. The Morgan fingerprint density at radius 3 is 3.00 bits per heavy atom. The number of carbonyl (C=O) groups is 1. The number of hydrogen-bond donors (Lipinski definition) is 1. The molecule has 0 spiro atoms.